The predicted octanol–water partition coefficient (Wildman–Crippen LogP) is -0.650. The lowest BCUT2D eigenvalue weighted by Gasteiger charge is -2.33. The average molecular weight is 236 g/mol. The van der Waals surface area contributed by atoms with E-state index in [-0.39, 0.29) is 11.9 Å². The van der Waals surface area contributed by atoms with Gasteiger partial charge >= 0.3 is 0 Å². The zero-order valence-corrected chi connectivity index (χ0v) is 9.50. The van der Waals surface area contributed by atoms with Gasteiger partial charge in [-0.3, -0.25) is 9.69 Å². The molecule has 1 aromatic rings. The van der Waals surface area contributed by atoms with E-state index >= 15 is 0 Å². The third-order valence-corrected chi connectivity index (χ3v) is 2.80. The average Bonchev–Trinajstić information content (AvgIpc) is 2.29. The molecule has 17 heavy (non-hydrogen) atoms. The highest BCUT2D eigenvalue weighted by molar-refractivity contribution is 5.80. The molecule has 0 aromatic carbocycles. The van der Waals surface area contributed by atoms with Crippen LogP contribution in [0.5, 0.6) is 0 Å². The fraction of sp³-hybridized carbons (Fsp3) is 0.455. The third-order valence-electron chi connectivity index (χ3n) is 2.80. The zero-order chi connectivity index (χ0) is 12.3. The Labute approximate surface area is 99.5 Å². The van der Waals surface area contributed by atoms with Crippen molar-refractivity contribution in [2.45, 2.75) is 12.6 Å². The van der Waals surface area contributed by atoms with Gasteiger partial charge in [-0.05, 0) is 17.7 Å². The quantitative estimate of drug-likeness (QED) is 0.727. The fourth-order valence-corrected chi connectivity index (χ4v) is 1.92. The van der Waals surface area contributed by atoms with Crippen LogP contribution < -0.4 is 11.5 Å². The van der Waals surface area contributed by atoms with Crippen molar-refractivity contribution in [1.82, 2.24) is 9.88 Å². The number of hydrogen-bond acceptors (Lipinski definition) is 5. The predicted molar refractivity (Wildman–Crippen MR) is 62.9 cm³/mol. The summed E-state index contributed by atoms with van der Waals surface area (Å²) < 4.78 is 5.26. The van der Waals surface area contributed by atoms with Crippen LogP contribution >= 0.6 is 0 Å². The molecule has 1 aliphatic heterocycles. The Balaban J connectivity index is 2.08. The topological polar surface area (TPSA) is 94.5 Å². The first kappa shape index (κ1) is 11.8. The molecule has 6 nitrogen and oxygen atoms in total. The largest absolute Gasteiger partial charge is 0.384 e. The molecular formula is C11H16N4O2. The zero-order valence-electron chi connectivity index (χ0n) is 9.50. The van der Waals surface area contributed by atoms with Gasteiger partial charge in [0.1, 0.15) is 11.9 Å². The van der Waals surface area contributed by atoms with Crippen molar-refractivity contribution in [3.8, 4) is 0 Å². The first-order chi connectivity index (χ1) is 8.16. The Morgan fingerprint density at radius 2 is 2.47 bits per heavy atom. The summed E-state index contributed by atoms with van der Waals surface area (Å²) in [6.45, 7) is 2.29. The number of nitrogens with two attached hydrogens (primary N) is 2. The summed E-state index contributed by atoms with van der Waals surface area (Å²) in [5, 5.41) is 0. The first-order valence-corrected chi connectivity index (χ1v) is 5.48. The van der Waals surface area contributed by atoms with Gasteiger partial charge in [0.15, 0.2) is 0 Å². The van der Waals surface area contributed by atoms with E-state index in [2.05, 4.69) is 4.98 Å². The maximum absolute atomic E-state index is 11.3. The number of carbonyl (C=O) groups is 1. The van der Waals surface area contributed by atoms with Crippen LogP contribution in [0.15, 0.2) is 18.3 Å². The van der Waals surface area contributed by atoms with Gasteiger partial charge in [-0.1, -0.05) is 0 Å². The SMILES string of the molecule is NC(=O)C1COCCN1Cc1ccnc(N)c1. The molecule has 1 amide bonds. The maximum Gasteiger partial charge on any atom is 0.237 e. The summed E-state index contributed by atoms with van der Waals surface area (Å²) in [5.41, 5.74) is 12.0. The summed E-state index contributed by atoms with van der Waals surface area (Å²) >= 11 is 0. The van der Waals surface area contributed by atoms with E-state index in [9.17, 15) is 4.79 Å². The molecule has 1 fully saturated rings. The van der Waals surface area contributed by atoms with Crippen molar-refractivity contribution in [2.75, 3.05) is 25.5 Å². The first-order valence-electron chi connectivity index (χ1n) is 5.48. The summed E-state index contributed by atoms with van der Waals surface area (Å²) in [6, 6.07) is 3.32. The lowest BCUT2D eigenvalue weighted by atomic mass is 10.1. The highest BCUT2D eigenvalue weighted by Crippen LogP contribution is 2.13. The molecule has 0 radical (unpaired) electrons. The fourth-order valence-electron chi connectivity index (χ4n) is 1.92. The molecule has 0 saturated carbocycles. The molecule has 1 saturated heterocycles. The van der Waals surface area contributed by atoms with Gasteiger partial charge in [-0.25, -0.2) is 4.98 Å². The molecule has 1 aromatic heterocycles. The lowest BCUT2D eigenvalue weighted by molar-refractivity contribution is -0.129. The van der Waals surface area contributed by atoms with E-state index in [0.717, 1.165) is 5.56 Å². The van der Waals surface area contributed by atoms with Crippen molar-refractivity contribution in [3.63, 3.8) is 0 Å². The van der Waals surface area contributed by atoms with Gasteiger partial charge < -0.3 is 16.2 Å². The van der Waals surface area contributed by atoms with Gasteiger partial charge in [0.05, 0.1) is 13.2 Å². The van der Waals surface area contributed by atoms with Crippen LogP contribution in [-0.2, 0) is 16.1 Å². The maximum atomic E-state index is 11.3. The smallest absolute Gasteiger partial charge is 0.237 e. The number of carbonyl (C=O) groups excluding carboxylic acids is 1. The number of nitrogens with zero attached hydrogens (tertiary/aromatic N) is 2. The van der Waals surface area contributed by atoms with Crippen molar-refractivity contribution < 1.29 is 9.53 Å². The molecule has 0 aliphatic carbocycles. The lowest BCUT2D eigenvalue weighted by Crippen LogP contribution is -2.51. The molecule has 0 bridgehead atoms. The number of ether oxygens (including phenoxy) is 1. The molecule has 6 heteroatoms. The highest BCUT2D eigenvalue weighted by atomic mass is 16.5. The highest BCUT2D eigenvalue weighted by Gasteiger charge is 2.27. The van der Waals surface area contributed by atoms with Crippen molar-refractivity contribution in [2.24, 2.45) is 5.73 Å². The minimum Gasteiger partial charge on any atom is -0.384 e. The van der Waals surface area contributed by atoms with E-state index in [0.29, 0.717) is 32.1 Å². The van der Waals surface area contributed by atoms with Crippen LogP contribution in [0.25, 0.3) is 0 Å². The summed E-state index contributed by atoms with van der Waals surface area (Å²) in [5.74, 6) is 0.123. The van der Waals surface area contributed by atoms with Crippen molar-refractivity contribution in [3.05, 3.63) is 23.9 Å². The summed E-state index contributed by atoms with van der Waals surface area (Å²) in [4.78, 5) is 17.2. The Morgan fingerprint density at radius 3 is 3.18 bits per heavy atom. The van der Waals surface area contributed by atoms with Crippen LogP contribution in [0.1, 0.15) is 5.56 Å². The van der Waals surface area contributed by atoms with Gasteiger partial charge in [0, 0.05) is 19.3 Å². The van der Waals surface area contributed by atoms with Gasteiger partial charge in [0.2, 0.25) is 5.91 Å². The number of primary amides is 1. The monoisotopic (exact) mass is 236 g/mol. The van der Waals surface area contributed by atoms with Gasteiger partial charge in [-0.15, -0.1) is 0 Å². The normalized spacial score (nSPS) is 21.3. The summed E-state index contributed by atoms with van der Waals surface area (Å²) in [7, 11) is 0. The molecule has 1 unspecified atom stereocenters. The van der Waals surface area contributed by atoms with E-state index in [1.807, 2.05) is 11.0 Å². The Bertz CT molecular complexity index is 410. The molecule has 2 heterocycles. The molecule has 2 rings (SSSR count). The molecule has 1 aliphatic rings. The Hall–Kier alpha value is -1.66. The number of aromatic nitrogens is 1. The standard InChI is InChI=1S/C11H16N4O2/c12-10-5-8(1-2-14-10)6-15-3-4-17-7-9(15)11(13)16/h1-2,5,9H,3-4,6-7H2,(H2,12,14)(H2,13,16). The van der Waals surface area contributed by atoms with E-state index in [1.54, 1.807) is 12.3 Å². The molecule has 92 valence electrons. The molecular weight excluding hydrogens is 220 g/mol. The van der Waals surface area contributed by atoms with E-state index in [4.69, 9.17) is 16.2 Å². The van der Waals surface area contributed by atoms with Crippen LogP contribution in [0.4, 0.5) is 5.82 Å². The minimum atomic E-state index is -0.363. The molecule has 4 N–H and O–H groups in total. The Kier molecular flexibility index (Phi) is 3.55. The Morgan fingerprint density at radius 1 is 1.65 bits per heavy atom. The van der Waals surface area contributed by atoms with E-state index < -0.39 is 0 Å². The van der Waals surface area contributed by atoms with Crippen molar-refractivity contribution >= 4 is 11.7 Å². The number of pyridine rings is 1. The van der Waals surface area contributed by atoms with E-state index in [1.165, 1.54) is 0 Å². The summed E-state index contributed by atoms with van der Waals surface area (Å²) in [6.07, 6.45) is 1.66. The van der Waals surface area contributed by atoms with Gasteiger partial charge in [0.25, 0.3) is 0 Å². The third kappa shape index (κ3) is 2.92. The van der Waals surface area contributed by atoms with Crippen LogP contribution in [-0.4, -0.2) is 41.6 Å². The number of rotatable bonds is 3. The second kappa shape index (κ2) is 5.11. The number of hydrogen-bond donors (Lipinski definition) is 2. The molecule has 0 spiro atoms. The number of anilines is 1. The van der Waals surface area contributed by atoms with Crippen LogP contribution in [0, 0.1) is 0 Å². The van der Waals surface area contributed by atoms with Crippen LogP contribution in [0.2, 0.25) is 0 Å². The molecule has 1 atom stereocenters. The van der Waals surface area contributed by atoms with Crippen LogP contribution in [0.3, 0.4) is 0 Å². The van der Waals surface area contributed by atoms with Crippen molar-refractivity contribution in [1.29, 1.82) is 0 Å². The second-order valence-corrected chi connectivity index (χ2v) is 4.05. The number of nitrogen functional groups attached to an aromatic ring is 1. The number of amides is 1. The minimum absolute atomic E-state index is 0.355. The van der Waals surface area contributed by atoms with Gasteiger partial charge in [-0.2, -0.15) is 0 Å². The number of morpholine rings is 1. The second-order valence-electron chi connectivity index (χ2n) is 4.05.